The lowest BCUT2D eigenvalue weighted by molar-refractivity contribution is -0.0236. The molecule has 5 nitrogen and oxygen atoms in total. The summed E-state index contributed by atoms with van der Waals surface area (Å²) in [6.45, 7) is 14.1. The molecule has 0 N–H and O–H groups in total. The van der Waals surface area contributed by atoms with Crippen LogP contribution in [0.3, 0.4) is 0 Å². The maximum atomic E-state index is 12.5. The molecule has 0 aromatic rings. The minimum absolute atomic E-state index is 0.138. The minimum Gasteiger partial charge on any atom is -0.444 e. The number of morpholine rings is 1. The maximum Gasteiger partial charge on any atom is 0.410 e. The number of hydrogen-bond acceptors (Lipinski definition) is 4. The molecule has 1 amide bonds. The van der Waals surface area contributed by atoms with Crippen LogP contribution >= 0.6 is 0 Å². The van der Waals surface area contributed by atoms with Gasteiger partial charge in [0.1, 0.15) is 5.60 Å². The summed E-state index contributed by atoms with van der Waals surface area (Å²) < 4.78 is 11.3. The first-order valence-electron chi connectivity index (χ1n) is 9.00. The van der Waals surface area contributed by atoms with Crippen molar-refractivity contribution in [3.8, 4) is 0 Å². The summed E-state index contributed by atoms with van der Waals surface area (Å²) in [7, 11) is 0. The van der Waals surface area contributed by atoms with Crippen molar-refractivity contribution in [2.75, 3.05) is 26.2 Å². The predicted molar refractivity (Wildman–Crippen MR) is 89.5 cm³/mol. The highest BCUT2D eigenvalue weighted by Gasteiger charge is 2.43. The summed E-state index contributed by atoms with van der Waals surface area (Å²) >= 11 is 0. The minimum atomic E-state index is -0.432. The Hall–Kier alpha value is -0.810. The van der Waals surface area contributed by atoms with E-state index in [4.69, 9.17) is 9.47 Å². The van der Waals surface area contributed by atoms with Crippen LogP contribution in [-0.2, 0) is 9.47 Å². The second-order valence-corrected chi connectivity index (χ2v) is 9.10. The third-order valence-electron chi connectivity index (χ3n) is 5.40. The topological polar surface area (TPSA) is 42.0 Å². The molecule has 3 saturated heterocycles. The van der Waals surface area contributed by atoms with Crippen molar-refractivity contribution in [3.63, 3.8) is 0 Å². The zero-order chi connectivity index (χ0) is 16.8. The van der Waals surface area contributed by atoms with E-state index in [9.17, 15) is 4.79 Å². The van der Waals surface area contributed by atoms with Crippen LogP contribution in [-0.4, -0.2) is 65.4 Å². The number of carbonyl (C=O) groups is 1. The van der Waals surface area contributed by atoms with Crippen LogP contribution in [0.25, 0.3) is 0 Å². The van der Waals surface area contributed by atoms with Crippen LogP contribution in [0.1, 0.15) is 53.9 Å². The fourth-order valence-corrected chi connectivity index (χ4v) is 4.38. The van der Waals surface area contributed by atoms with Crippen LogP contribution in [0.4, 0.5) is 4.79 Å². The predicted octanol–water partition coefficient (Wildman–Crippen LogP) is 2.89. The van der Waals surface area contributed by atoms with Gasteiger partial charge in [0.15, 0.2) is 0 Å². The first-order valence-corrected chi connectivity index (χ1v) is 9.00. The number of likely N-dealkylation sites (tertiary alicyclic amines) is 2. The number of carbonyl (C=O) groups excluding carboxylic acids is 1. The molecule has 0 radical (unpaired) electrons. The molecule has 132 valence electrons. The SMILES string of the molecule is CC(C)(C)OC(=O)N1CCC(CN2C[C@@H]3C[C@H]2CO3)CC1(C)C. The van der Waals surface area contributed by atoms with Gasteiger partial charge >= 0.3 is 6.09 Å². The lowest BCUT2D eigenvalue weighted by atomic mass is 9.82. The fraction of sp³-hybridized carbons (Fsp3) is 0.944. The Morgan fingerprint density at radius 3 is 2.61 bits per heavy atom. The Morgan fingerprint density at radius 2 is 2.09 bits per heavy atom. The summed E-state index contributed by atoms with van der Waals surface area (Å²) in [4.78, 5) is 17.0. The molecule has 3 heterocycles. The Balaban J connectivity index is 1.56. The lowest BCUT2D eigenvalue weighted by Crippen LogP contribution is -2.55. The molecular formula is C18H32N2O3. The van der Waals surface area contributed by atoms with Crippen molar-refractivity contribution in [1.29, 1.82) is 0 Å². The Labute approximate surface area is 140 Å². The molecule has 0 saturated carbocycles. The molecule has 0 aromatic heterocycles. The molecule has 5 heteroatoms. The summed E-state index contributed by atoms with van der Waals surface area (Å²) in [6, 6.07) is 0.631. The lowest BCUT2D eigenvalue weighted by Gasteiger charge is -2.46. The third kappa shape index (κ3) is 3.82. The van der Waals surface area contributed by atoms with Gasteiger partial charge in [0.05, 0.1) is 12.7 Å². The van der Waals surface area contributed by atoms with E-state index < -0.39 is 5.60 Å². The van der Waals surface area contributed by atoms with Crippen LogP contribution in [0.2, 0.25) is 0 Å². The van der Waals surface area contributed by atoms with Crippen LogP contribution in [0, 0.1) is 5.92 Å². The Kier molecular flexibility index (Phi) is 4.38. The van der Waals surface area contributed by atoms with Crippen molar-refractivity contribution < 1.29 is 14.3 Å². The van der Waals surface area contributed by atoms with Gasteiger partial charge in [-0.2, -0.15) is 0 Å². The standard InChI is InChI=1S/C18H32N2O3/c1-17(2,3)23-16(21)20-7-6-13(9-18(20,4)5)10-19-11-15-8-14(19)12-22-15/h13-15H,6-12H2,1-5H3/t13?,14-,15-/m0/s1. The van der Waals surface area contributed by atoms with Gasteiger partial charge in [-0.3, -0.25) is 4.90 Å². The van der Waals surface area contributed by atoms with Gasteiger partial charge < -0.3 is 14.4 Å². The molecule has 0 aromatic carbocycles. The average Bonchev–Trinajstić information content (AvgIpc) is 2.97. The van der Waals surface area contributed by atoms with E-state index >= 15 is 0 Å². The summed E-state index contributed by atoms with van der Waals surface area (Å²) in [5, 5.41) is 0. The van der Waals surface area contributed by atoms with Crippen molar-refractivity contribution in [3.05, 3.63) is 0 Å². The molecular weight excluding hydrogens is 292 g/mol. The number of nitrogens with zero attached hydrogens (tertiary/aromatic N) is 2. The van der Waals surface area contributed by atoms with E-state index in [0.717, 1.165) is 39.1 Å². The van der Waals surface area contributed by atoms with Gasteiger partial charge in [-0.15, -0.1) is 0 Å². The van der Waals surface area contributed by atoms with Gasteiger partial charge in [-0.25, -0.2) is 4.79 Å². The summed E-state index contributed by atoms with van der Waals surface area (Å²) in [5.41, 5.74) is -0.570. The van der Waals surface area contributed by atoms with E-state index in [1.165, 1.54) is 6.42 Å². The highest BCUT2D eigenvalue weighted by atomic mass is 16.6. The van der Waals surface area contributed by atoms with E-state index in [2.05, 4.69) is 18.7 Å². The molecule has 3 fully saturated rings. The normalized spacial score (nSPS) is 34.0. The number of rotatable bonds is 2. The Morgan fingerprint density at radius 1 is 1.35 bits per heavy atom. The molecule has 0 spiro atoms. The number of fused-ring (bicyclic) bond motifs is 2. The monoisotopic (exact) mass is 324 g/mol. The largest absolute Gasteiger partial charge is 0.444 e. The van der Waals surface area contributed by atoms with Gasteiger partial charge in [0, 0.05) is 31.2 Å². The maximum absolute atomic E-state index is 12.5. The summed E-state index contributed by atoms with van der Waals surface area (Å²) in [6.07, 6.45) is 3.61. The number of hydrogen-bond donors (Lipinski definition) is 0. The average molecular weight is 324 g/mol. The van der Waals surface area contributed by atoms with Gasteiger partial charge in [0.25, 0.3) is 0 Å². The van der Waals surface area contributed by atoms with Crippen LogP contribution in [0.15, 0.2) is 0 Å². The molecule has 3 atom stereocenters. The second-order valence-electron chi connectivity index (χ2n) is 9.10. The zero-order valence-electron chi connectivity index (χ0n) is 15.3. The van der Waals surface area contributed by atoms with Gasteiger partial charge in [-0.1, -0.05) is 0 Å². The highest BCUT2D eigenvalue weighted by molar-refractivity contribution is 5.69. The molecule has 3 rings (SSSR count). The Bertz CT molecular complexity index is 458. The van der Waals surface area contributed by atoms with Crippen LogP contribution in [0.5, 0.6) is 0 Å². The smallest absolute Gasteiger partial charge is 0.410 e. The van der Waals surface area contributed by atoms with Crippen molar-refractivity contribution in [2.45, 2.75) is 77.2 Å². The van der Waals surface area contributed by atoms with Crippen molar-refractivity contribution >= 4 is 6.09 Å². The van der Waals surface area contributed by atoms with Crippen LogP contribution < -0.4 is 0 Å². The molecule has 1 unspecified atom stereocenters. The van der Waals surface area contributed by atoms with Crippen molar-refractivity contribution in [1.82, 2.24) is 9.80 Å². The van der Waals surface area contributed by atoms with Gasteiger partial charge in [0.2, 0.25) is 0 Å². The second kappa shape index (κ2) is 5.92. The van der Waals surface area contributed by atoms with E-state index in [-0.39, 0.29) is 11.6 Å². The highest BCUT2D eigenvalue weighted by Crippen LogP contribution is 2.35. The number of piperidine rings is 1. The molecule has 3 aliphatic heterocycles. The zero-order valence-corrected chi connectivity index (χ0v) is 15.3. The first-order chi connectivity index (χ1) is 10.6. The molecule has 2 bridgehead atoms. The number of ether oxygens (including phenoxy) is 2. The van der Waals surface area contributed by atoms with E-state index in [1.54, 1.807) is 0 Å². The number of amides is 1. The van der Waals surface area contributed by atoms with E-state index in [0.29, 0.717) is 18.1 Å². The fourth-order valence-electron chi connectivity index (χ4n) is 4.38. The third-order valence-corrected chi connectivity index (χ3v) is 5.40. The first kappa shape index (κ1) is 17.0. The molecule has 3 aliphatic rings. The molecule has 0 aliphatic carbocycles. The molecule has 23 heavy (non-hydrogen) atoms. The van der Waals surface area contributed by atoms with Gasteiger partial charge in [-0.05, 0) is 59.8 Å². The quantitative estimate of drug-likeness (QED) is 0.783. The van der Waals surface area contributed by atoms with E-state index in [1.807, 2.05) is 25.7 Å². The summed E-state index contributed by atoms with van der Waals surface area (Å²) in [5.74, 6) is 0.656. The van der Waals surface area contributed by atoms with Crippen molar-refractivity contribution in [2.24, 2.45) is 5.92 Å².